The van der Waals surface area contributed by atoms with Crippen molar-refractivity contribution in [3.8, 4) is 5.75 Å². The van der Waals surface area contributed by atoms with Crippen LogP contribution in [0.5, 0.6) is 5.75 Å². The molecular formula is C14H12FNO2. The van der Waals surface area contributed by atoms with Gasteiger partial charge in [-0.2, -0.15) is 0 Å². The first-order valence-electron chi connectivity index (χ1n) is 5.42. The second-order valence-electron chi connectivity index (χ2n) is 3.87. The van der Waals surface area contributed by atoms with Gasteiger partial charge in [0.1, 0.15) is 0 Å². The maximum atomic E-state index is 13.3. The molecule has 18 heavy (non-hydrogen) atoms. The van der Waals surface area contributed by atoms with Crippen molar-refractivity contribution in [2.75, 3.05) is 7.11 Å². The highest BCUT2D eigenvalue weighted by Gasteiger charge is 2.14. The van der Waals surface area contributed by atoms with E-state index in [4.69, 9.17) is 4.74 Å². The molecule has 0 radical (unpaired) electrons. The lowest BCUT2D eigenvalue weighted by Gasteiger charge is -2.06. The van der Waals surface area contributed by atoms with E-state index >= 15 is 0 Å². The summed E-state index contributed by atoms with van der Waals surface area (Å²) in [5.41, 5.74) is 1.72. The van der Waals surface area contributed by atoms with Gasteiger partial charge in [0.25, 0.3) is 0 Å². The third-order valence-corrected chi connectivity index (χ3v) is 2.70. The van der Waals surface area contributed by atoms with Crippen LogP contribution in [0.4, 0.5) is 4.39 Å². The van der Waals surface area contributed by atoms with Crippen LogP contribution in [-0.4, -0.2) is 17.9 Å². The molecular weight excluding hydrogens is 233 g/mol. The number of rotatable bonds is 3. The molecule has 0 aliphatic heterocycles. The molecule has 0 saturated carbocycles. The molecule has 3 nitrogen and oxygen atoms in total. The number of carbonyl (C=O) groups excluding carboxylic acids is 1. The van der Waals surface area contributed by atoms with Gasteiger partial charge in [-0.15, -0.1) is 0 Å². The first kappa shape index (κ1) is 12.2. The molecule has 1 aromatic heterocycles. The number of halogens is 1. The van der Waals surface area contributed by atoms with Gasteiger partial charge in [-0.25, -0.2) is 4.39 Å². The van der Waals surface area contributed by atoms with Gasteiger partial charge in [-0.05, 0) is 36.8 Å². The van der Waals surface area contributed by atoms with Gasteiger partial charge in [0.05, 0.1) is 7.11 Å². The lowest BCUT2D eigenvalue weighted by Crippen LogP contribution is -2.05. The second kappa shape index (κ2) is 4.96. The van der Waals surface area contributed by atoms with E-state index in [1.165, 1.54) is 31.5 Å². The topological polar surface area (TPSA) is 39.2 Å². The van der Waals surface area contributed by atoms with E-state index in [2.05, 4.69) is 4.98 Å². The fourth-order valence-corrected chi connectivity index (χ4v) is 1.66. The zero-order chi connectivity index (χ0) is 13.1. The van der Waals surface area contributed by atoms with Crippen molar-refractivity contribution in [2.24, 2.45) is 0 Å². The molecule has 0 atom stereocenters. The summed E-state index contributed by atoms with van der Waals surface area (Å²) in [6.07, 6.45) is 3.13. The van der Waals surface area contributed by atoms with Crippen LogP contribution in [0.1, 0.15) is 21.5 Å². The fourth-order valence-electron chi connectivity index (χ4n) is 1.66. The third kappa shape index (κ3) is 2.22. The summed E-state index contributed by atoms with van der Waals surface area (Å²) < 4.78 is 18.1. The first-order chi connectivity index (χ1) is 8.63. The van der Waals surface area contributed by atoms with Crippen molar-refractivity contribution >= 4 is 5.78 Å². The highest BCUT2D eigenvalue weighted by Crippen LogP contribution is 2.21. The molecule has 0 saturated heterocycles. The van der Waals surface area contributed by atoms with Crippen molar-refractivity contribution in [1.82, 2.24) is 4.98 Å². The SMILES string of the molecule is COc1cc(C(=O)c2cnccc2C)ccc1F. The van der Waals surface area contributed by atoms with E-state index in [9.17, 15) is 9.18 Å². The highest BCUT2D eigenvalue weighted by atomic mass is 19.1. The summed E-state index contributed by atoms with van der Waals surface area (Å²) >= 11 is 0. The molecule has 0 aliphatic rings. The summed E-state index contributed by atoms with van der Waals surface area (Å²) in [6.45, 7) is 1.83. The van der Waals surface area contributed by atoms with Gasteiger partial charge in [0.2, 0.25) is 0 Å². The Balaban J connectivity index is 2.44. The van der Waals surface area contributed by atoms with Gasteiger partial charge in [0, 0.05) is 23.5 Å². The predicted molar refractivity (Wildman–Crippen MR) is 65.4 cm³/mol. The number of ether oxygens (including phenoxy) is 1. The quantitative estimate of drug-likeness (QED) is 0.780. The van der Waals surface area contributed by atoms with Crippen molar-refractivity contribution in [3.63, 3.8) is 0 Å². The highest BCUT2D eigenvalue weighted by molar-refractivity contribution is 6.09. The number of pyridine rings is 1. The normalized spacial score (nSPS) is 10.2. The molecule has 0 fully saturated rings. The molecule has 0 bridgehead atoms. The molecule has 2 aromatic rings. The van der Waals surface area contributed by atoms with E-state index in [1.54, 1.807) is 12.3 Å². The molecule has 0 amide bonds. The van der Waals surface area contributed by atoms with E-state index < -0.39 is 5.82 Å². The molecule has 0 N–H and O–H groups in total. The van der Waals surface area contributed by atoms with Crippen LogP contribution in [0.15, 0.2) is 36.7 Å². The largest absolute Gasteiger partial charge is 0.494 e. The number of carbonyl (C=O) groups is 1. The van der Waals surface area contributed by atoms with Crippen molar-refractivity contribution in [2.45, 2.75) is 6.92 Å². The Labute approximate surface area is 104 Å². The summed E-state index contributed by atoms with van der Waals surface area (Å²) in [5, 5.41) is 0. The number of benzene rings is 1. The van der Waals surface area contributed by atoms with Crippen LogP contribution >= 0.6 is 0 Å². The molecule has 2 rings (SSSR count). The van der Waals surface area contributed by atoms with Crippen molar-refractivity contribution in [3.05, 3.63) is 59.2 Å². The van der Waals surface area contributed by atoms with Crippen LogP contribution in [-0.2, 0) is 0 Å². The first-order valence-corrected chi connectivity index (χ1v) is 5.42. The number of hydrogen-bond donors (Lipinski definition) is 0. The number of nitrogens with zero attached hydrogens (tertiary/aromatic N) is 1. The molecule has 0 aliphatic carbocycles. The molecule has 1 aromatic carbocycles. The van der Waals surface area contributed by atoms with Crippen LogP contribution in [0.25, 0.3) is 0 Å². The summed E-state index contributed by atoms with van der Waals surface area (Å²) in [7, 11) is 1.36. The smallest absolute Gasteiger partial charge is 0.194 e. The van der Waals surface area contributed by atoms with E-state index in [-0.39, 0.29) is 11.5 Å². The summed E-state index contributed by atoms with van der Waals surface area (Å²) in [5.74, 6) is -0.627. The average molecular weight is 245 g/mol. The summed E-state index contributed by atoms with van der Waals surface area (Å²) in [4.78, 5) is 16.2. The number of methoxy groups -OCH3 is 1. The maximum Gasteiger partial charge on any atom is 0.194 e. The molecule has 0 spiro atoms. The second-order valence-corrected chi connectivity index (χ2v) is 3.87. The Morgan fingerprint density at radius 2 is 2.11 bits per heavy atom. The van der Waals surface area contributed by atoms with Crippen LogP contribution < -0.4 is 4.74 Å². The number of hydrogen-bond acceptors (Lipinski definition) is 3. The number of aryl methyl sites for hydroxylation is 1. The minimum Gasteiger partial charge on any atom is -0.494 e. The Morgan fingerprint density at radius 3 is 2.78 bits per heavy atom. The van der Waals surface area contributed by atoms with Crippen LogP contribution in [0, 0.1) is 12.7 Å². The van der Waals surface area contributed by atoms with Gasteiger partial charge < -0.3 is 4.74 Å². The zero-order valence-corrected chi connectivity index (χ0v) is 10.1. The predicted octanol–water partition coefficient (Wildman–Crippen LogP) is 2.77. The van der Waals surface area contributed by atoms with Gasteiger partial charge in [0.15, 0.2) is 17.3 Å². The van der Waals surface area contributed by atoms with Crippen molar-refractivity contribution in [1.29, 1.82) is 0 Å². The molecule has 92 valence electrons. The number of aromatic nitrogens is 1. The van der Waals surface area contributed by atoms with E-state index in [0.29, 0.717) is 11.1 Å². The average Bonchev–Trinajstić information content (AvgIpc) is 2.39. The maximum absolute atomic E-state index is 13.3. The number of ketones is 1. The van der Waals surface area contributed by atoms with Gasteiger partial charge in [-0.3, -0.25) is 9.78 Å². The lowest BCUT2D eigenvalue weighted by atomic mass is 10.0. The standard InChI is InChI=1S/C14H12FNO2/c1-9-5-6-16-8-11(9)14(17)10-3-4-12(15)13(7-10)18-2/h3-8H,1-2H3. The Morgan fingerprint density at radius 1 is 1.33 bits per heavy atom. The summed E-state index contributed by atoms with van der Waals surface area (Å²) in [6, 6.07) is 5.81. The van der Waals surface area contributed by atoms with Crippen LogP contribution in [0.3, 0.4) is 0 Å². The van der Waals surface area contributed by atoms with E-state index in [1.807, 2.05) is 6.92 Å². The van der Waals surface area contributed by atoms with E-state index in [0.717, 1.165) is 5.56 Å². The minimum atomic E-state index is -0.489. The molecule has 0 unspecified atom stereocenters. The van der Waals surface area contributed by atoms with Crippen LogP contribution in [0.2, 0.25) is 0 Å². The molecule has 4 heteroatoms. The third-order valence-electron chi connectivity index (χ3n) is 2.70. The molecule has 1 heterocycles. The fraction of sp³-hybridized carbons (Fsp3) is 0.143. The zero-order valence-electron chi connectivity index (χ0n) is 10.1. The Kier molecular flexibility index (Phi) is 3.37. The minimum absolute atomic E-state index is 0.0578. The lowest BCUT2D eigenvalue weighted by molar-refractivity contribution is 0.103. The Hall–Kier alpha value is -2.23. The van der Waals surface area contributed by atoms with Crippen molar-refractivity contribution < 1.29 is 13.9 Å². The van der Waals surface area contributed by atoms with Gasteiger partial charge >= 0.3 is 0 Å². The van der Waals surface area contributed by atoms with Gasteiger partial charge in [-0.1, -0.05) is 0 Å². The Bertz CT molecular complexity index is 596. The monoisotopic (exact) mass is 245 g/mol.